The Morgan fingerprint density at radius 3 is 1.73 bits per heavy atom. The van der Waals surface area contributed by atoms with Gasteiger partial charge in [0.25, 0.3) is 0 Å². The van der Waals surface area contributed by atoms with E-state index in [1.54, 1.807) is 13.8 Å². The molecule has 154 valence electrons. The molecule has 26 heavy (non-hydrogen) atoms. The molecule has 0 rings (SSSR count). The Hall–Kier alpha value is -1.10. The lowest BCUT2D eigenvalue weighted by molar-refractivity contribution is -0.153. The van der Waals surface area contributed by atoms with Crippen molar-refractivity contribution in [3.63, 3.8) is 0 Å². The van der Waals surface area contributed by atoms with Gasteiger partial charge in [0.15, 0.2) is 0 Å². The van der Waals surface area contributed by atoms with E-state index in [2.05, 4.69) is 0 Å². The van der Waals surface area contributed by atoms with Crippen LogP contribution in [0.1, 0.15) is 98.8 Å². The van der Waals surface area contributed by atoms with Crippen molar-refractivity contribution in [3.8, 4) is 0 Å². The third kappa shape index (κ3) is 10.8. The Morgan fingerprint density at radius 2 is 1.31 bits per heavy atom. The number of aliphatic carboxylic acids is 1. The molecule has 0 aromatic carbocycles. The topological polar surface area (TPSA) is 83.8 Å². The van der Waals surface area contributed by atoms with Crippen molar-refractivity contribution in [1.82, 2.24) is 0 Å². The maximum atomic E-state index is 11.8. The molecule has 0 aliphatic carbocycles. The lowest BCUT2D eigenvalue weighted by atomic mass is 9.86. The lowest BCUT2D eigenvalue weighted by Crippen LogP contribution is -2.26. The summed E-state index contributed by atoms with van der Waals surface area (Å²) >= 11 is 0. The second kappa shape index (κ2) is 12.3. The number of carbonyl (C=O) groups is 2. The van der Waals surface area contributed by atoms with Gasteiger partial charge in [-0.15, -0.1) is 0 Å². The van der Waals surface area contributed by atoms with Crippen LogP contribution >= 0.6 is 0 Å². The number of aliphatic hydroxyl groups is 1. The van der Waals surface area contributed by atoms with E-state index in [-0.39, 0.29) is 12.1 Å². The van der Waals surface area contributed by atoms with Gasteiger partial charge in [0.05, 0.1) is 23.5 Å². The average molecular weight is 373 g/mol. The van der Waals surface area contributed by atoms with Gasteiger partial charge in [0.1, 0.15) is 0 Å². The van der Waals surface area contributed by atoms with E-state index in [0.29, 0.717) is 13.0 Å². The molecule has 0 heterocycles. The predicted octanol–water partition coefficient (Wildman–Crippen LogP) is 4.95. The number of unbranched alkanes of at least 4 members (excludes halogenated alkanes) is 4. The van der Waals surface area contributed by atoms with Crippen molar-refractivity contribution in [2.75, 3.05) is 6.61 Å². The van der Waals surface area contributed by atoms with Gasteiger partial charge in [-0.2, -0.15) is 0 Å². The fraction of sp³-hybridized carbons (Fsp3) is 0.905. The molecule has 2 N–H and O–H groups in total. The van der Waals surface area contributed by atoms with Gasteiger partial charge in [0.2, 0.25) is 0 Å². The summed E-state index contributed by atoms with van der Waals surface area (Å²) in [5.41, 5.74) is -1.09. The van der Waals surface area contributed by atoms with E-state index >= 15 is 0 Å². The van der Waals surface area contributed by atoms with Gasteiger partial charge in [-0.05, 0) is 60.3 Å². The Labute approximate surface area is 159 Å². The average Bonchev–Trinajstić information content (AvgIpc) is 2.54. The largest absolute Gasteiger partial charge is 0.481 e. The Kier molecular flexibility index (Phi) is 11.8. The van der Waals surface area contributed by atoms with E-state index < -0.39 is 16.8 Å². The first-order chi connectivity index (χ1) is 12.0. The zero-order chi connectivity index (χ0) is 20.2. The molecule has 0 aromatic rings. The first kappa shape index (κ1) is 24.9. The molecule has 0 aromatic heterocycles. The molecule has 0 saturated carbocycles. The molecular weight excluding hydrogens is 332 g/mol. The van der Waals surface area contributed by atoms with E-state index in [1.807, 2.05) is 20.8 Å². The molecule has 1 unspecified atom stereocenters. The van der Waals surface area contributed by atoms with Gasteiger partial charge in [-0.25, -0.2) is 0 Å². The molecule has 0 bridgehead atoms. The van der Waals surface area contributed by atoms with Crippen LogP contribution in [-0.4, -0.2) is 34.9 Å². The Balaban J connectivity index is 3.71. The van der Waals surface area contributed by atoms with Crippen LogP contribution < -0.4 is 0 Å². The molecule has 5 nitrogen and oxygen atoms in total. The summed E-state index contributed by atoms with van der Waals surface area (Å²) in [6.45, 7) is 9.60. The molecular formula is C21H40O5. The summed E-state index contributed by atoms with van der Waals surface area (Å²) < 4.78 is 5.09. The molecule has 1 atom stereocenters. The van der Waals surface area contributed by atoms with Gasteiger partial charge in [-0.1, -0.05) is 38.5 Å². The highest BCUT2D eigenvalue weighted by molar-refractivity contribution is 5.75. The van der Waals surface area contributed by atoms with Crippen molar-refractivity contribution in [2.45, 2.75) is 105 Å². The summed E-state index contributed by atoms with van der Waals surface area (Å²) in [4.78, 5) is 22.8. The molecule has 0 aliphatic heterocycles. The minimum absolute atomic E-state index is 0.133. The fourth-order valence-electron chi connectivity index (χ4n) is 2.93. The summed E-state index contributed by atoms with van der Waals surface area (Å²) in [7, 11) is 0. The maximum Gasteiger partial charge on any atom is 0.311 e. The van der Waals surface area contributed by atoms with Crippen LogP contribution in [0.5, 0.6) is 0 Å². The Morgan fingerprint density at radius 1 is 0.846 bits per heavy atom. The molecule has 0 spiro atoms. The summed E-state index contributed by atoms with van der Waals surface area (Å²) in [6, 6.07) is 0. The normalized spacial score (nSPS) is 13.5. The van der Waals surface area contributed by atoms with Crippen LogP contribution in [-0.2, 0) is 14.3 Å². The quantitative estimate of drug-likeness (QED) is 0.314. The van der Waals surface area contributed by atoms with Crippen molar-refractivity contribution < 1.29 is 24.5 Å². The highest BCUT2D eigenvalue weighted by Crippen LogP contribution is 2.26. The van der Waals surface area contributed by atoms with Crippen molar-refractivity contribution in [2.24, 2.45) is 10.8 Å². The van der Waals surface area contributed by atoms with Crippen LogP contribution in [0.15, 0.2) is 0 Å². The highest BCUT2D eigenvalue weighted by Gasteiger charge is 2.28. The molecule has 0 aliphatic rings. The van der Waals surface area contributed by atoms with Gasteiger partial charge in [-0.3, -0.25) is 9.59 Å². The second-order valence-corrected chi connectivity index (χ2v) is 8.65. The van der Waals surface area contributed by atoms with E-state index in [4.69, 9.17) is 9.84 Å². The zero-order valence-electron chi connectivity index (χ0n) is 17.5. The van der Waals surface area contributed by atoms with Crippen LogP contribution in [0, 0.1) is 10.8 Å². The number of carboxylic acid groups (broad SMARTS) is 1. The summed E-state index contributed by atoms with van der Waals surface area (Å²) in [6.07, 6.45) is 8.49. The number of hydrogen-bond acceptors (Lipinski definition) is 4. The summed E-state index contributed by atoms with van der Waals surface area (Å²) in [5, 5.41) is 19.1. The minimum Gasteiger partial charge on any atom is -0.481 e. The van der Waals surface area contributed by atoms with Gasteiger partial charge < -0.3 is 14.9 Å². The van der Waals surface area contributed by atoms with Crippen LogP contribution in [0.25, 0.3) is 0 Å². The van der Waals surface area contributed by atoms with E-state index in [1.165, 1.54) is 0 Å². The minimum atomic E-state index is -0.747. The van der Waals surface area contributed by atoms with Crippen LogP contribution in [0.2, 0.25) is 0 Å². The molecule has 0 fully saturated rings. The van der Waals surface area contributed by atoms with Crippen molar-refractivity contribution in [3.05, 3.63) is 0 Å². The van der Waals surface area contributed by atoms with Gasteiger partial charge >= 0.3 is 11.9 Å². The third-order valence-electron chi connectivity index (χ3n) is 5.09. The molecule has 5 heteroatoms. The number of rotatable bonds is 15. The number of hydrogen-bond donors (Lipinski definition) is 2. The number of carboxylic acids is 1. The second-order valence-electron chi connectivity index (χ2n) is 8.65. The Bertz CT molecular complexity index is 415. The number of carbonyl (C=O) groups excluding carboxylic acids is 1. The predicted molar refractivity (Wildman–Crippen MR) is 104 cm³/mol. The number of esters is 1. The molecule has 0 saturated heterocycles. The highest BCUT2D eigenvalue weighted by atomic mass is 16.5. The standard InChI is InChI=1S/C21H40O5/c1-6-26-19(25)21(4,5)16-12-8-10-14-17(22)13-9-7-11-15-20(2,3)18(23)24/h17,22H,6-16H2,1-5H3,(H,23,24). The smallest absolute Gasteiger partial charge is 0.311 e. The lowest BCUT2D eigenvalue weighted by Gasteiger charge is -2.22. The maximum absolute atomic E-state index is 11.8. The monoisotopic (exact) mass is 372 g/mol. The zero-order valence-corrected chi connectivity index (χ0v) is 17.5. The number of ether oxygens (including phenoxy) is 1. The van der Waals surface area contributed by atoms with Crippen LogP contribution in [0.4, 0.5) is 0 Å². The van der Waals surface area contributed by atoms with E-state index in [9.17, 15) is 14.7 Å². The van der Waals surface area contributed by atoms with Crippen molar-refractivity contribution >= 4 is 11.9 Å². The molecule has 0 amide bonds. The summed E-state index contributed by atoms with van der Waals surface area (Å²) in [5.74, 6) is -0.880. The SMILES string of the molecule is CCOC(=O)C(C)(C)CCCCCC(O)CCCCCC(C)(C)C(=O)O. The van der Waals surface area contributed by atoms with E-state index in [0.717, 1.165) is 57.8 Å². The third-order valence-corrected chi connectivity index (χ3v) is 5.09. The number of aliphatic hydroxyl groups excluding tert-OH is 1. The first-order valence-electron chi connectivity index (χ1n) is 10.1. The van der Waals surface area contributed by atoms with Crippen molar-refractivity contribution in [1.29, 1.82) is 0 Å². The fourth-order valence-corrected chi connectivity index (χ4v) is 2.93. The molecule has 0 radical (unpaired) electrons. The van der Waals surface area contributed by atoms with Gasteiger partial charge in [0, 0.05) is 0 Å². The van der Waals surface area contributed by atoms with Crippen LogP contribution in [0.3, 0.4) is 0 Å². The first-order valence-corrected chi connectivity index (χ1v) is 10.1.